The summed E-state index contributed by atoms with van der Waals surface area (Å²) >= 11 is 0. The zero-order chi connectivity index (χ0) is 14.9. The molecule has 0 atom stereocenters. The molecule has 0 aliphatic rings. The molecule has 7 heteroatoms. The fraction of sp³-hybridized carbons (Fsp3) is 0.385. The van der Waals surface area contributed by atoms with Crippen molar-refractivity contribution in [1.82, 2.24) is 19.7 Å². The lowest BCUT2D eigenvalue weighted by molar-refractivity contribution is 0.793. The molecule has 2 rings (SSSR count). The maximum atomic E-state index is 9.22. The smallest absolute Gasteiger partial charge is 0.253 e. The number of hydrogen-bond donors (Lipinski definition) is 2. The van der Waals surface area contributed by atoms with E-state index in [2.05, 4.69) is 26.5 Å². The van der Waals surface area contributed by atoms with Gasteiger partial charge in [-0.2, -0.15) is 9.94 Å². The molecule has 0 unspecified atom stereocenters. The van der Waals surface area contributed by atoms with E-state index < -0.39 is 0 Å². The normalized spacial score (nSPS) is 10.6. The first-order chi connectivity index (χ1) is 9.42. The second kappa shape index (κ2) is 5.17. The topological polar surface area (TPSA) is 105 Å². The van der Waals surface area contributed by atoms with Gasteiger partial charge in [0.2, 0.25) is 0 Å². The second-order valence-corrected chi connectivity index (χ2v) is 4.88. The second-order valence-electron chi connectivity index (χ2n) is 4.88. The van der Waals surface area contributed by atoms with E-state index in [9.17, 15) is 5.26 Å². The SMILES string of the molecule is Cc1cc(C)nc(-n2nc(NC(C)C)c(C#N)c2N)n1. The van der Waals surface area contributed by atoms with E-state index in [1.165, 1.54) is 4.68 Å². The largest absolute Gasteiger partial charge is 0.382 e. The third kappa shape index (κ3) is 2.54. The summed E-state index contributed by atoms with van der Waals surface area (Å²) in [6, 6.07) is 4.07. The van der Waals surface area contributed by atoms with Gasteiger partial charge in [-0.05, 0) is 33.8 Å². The van der Waals surface area contributed by atoms with Crippen LogP contribution in [0.4, 0.5) is 11.6 Å². The van der Waals surface area contributed by atoms with Gasteiger partial charge in [0.1, 0.15) is 11.6 Å². The molecule has 3 N–H and O–H groups in total. The van der Waals surface area contributed by atoms with Crippen LogP contribution in [-0.2, 0) is 0 Å². The first-order valence-electron chi connectivity index (χ1n) is 6.30. The summed E-state index contributed by atoms with van der Waals surface area (Å²) in [7, 11) is 0. The highest BCUT2D eigenvalue weighted by molar-refractivity contribution is 5.65. The van der Waals surface area contributed by atoms with Gasteiger partial charge in [0.15, 0.2) is 11.6 Å². The Morgan fingerprint density at radius 2 is 1.90 bits per heavy atom. The van der Waals surface area contributed by atoms with E-state index in [0.29, 0.717) is 17.3 Å². The molecule has 0 aromatic carbocycles. The Labute approximate surface area is 117 Å². The number of hydrogen-bond acceptors (Lipinski definition) is 6. The highest BCUT2D eigenvalue weighted by Gasteiger charge is 2.18. The van der Waals surface area contributed by atoms with Gasteiger partial charge in [0.05, 0.1) is 0 Å². The Balaban J connectivity index is 2.57. The van der Waals surface area contributed by atoms with Crippen molar-refractivity contribution in [3.63, 3.8) is 0 Å². The Morgan fingerprint density at radius 3 is 2.40 bits per heavy atom. The average Bonchev–Trinajstić information content (AvgIpc) is 2.63. The lowest BCUT2D eigenvalue weighted by atomic mass is 10.3. The highest BCUT2D eigenvalue weighted by Crippen LogP contribution is 2.23. The van der Waals surface area contributed by atoms with Crippen LogP contribution in [-0.4, -0.2) is 25.8 Å². The Hall–Kier alpha value is -2.62. The lowest BCUT2D eigenvalue weighted by Gasteiger charge is -2.06. The van der Waals surface area contributed by atoms with E-state index >= 15 is 0 Å². The summed E-state index contributed by atoms with van der Waals surface area (Å²) in [5.74, 6) is 1.05. The molecule has 0 bridgehead atoms. The maximum Gasteiger partial charge on any atom is 0.253 e. The fourth-order valence-corrected chi connectivity index (χ4v) is 1.87. The van der Waals surface area contributed by atoms with Crippen molar-refractivity contribution in [2.75, 3.05) is 11.1 Å². The van der Waals surface area contributed by atoms with Crippen LogP contribution in [0.1, 0.15) is 30.8 Å². The molecule has 0 spiro atoms. The maximum absolute atomic E-state index is 9.22. The van der Waals surface area contributed by atoms with Crippen molar-refractivity contribution >= 4 is 11.6 Å². The number of aryl methyl sites for hydroxylation is 2. The molecule has 104 valence electrons. The van der Waals surface area contributed by atoms with E-state index in [0.717, 1.165) is 11.4 Å². The predicted molar refractivity (Wildman–Crippen MR) is 76.5 cm³/mol. The number of nitrogens with one attached hydrogen (secondary N) is 1. The number of nitrogens with two attached hydrogens (primary N) is 1. The quantitative estimate of drug-likeness (QED) is 0.877. The van der Waals surface area contributed by atoms with Gasteiger partial charge in [-0.1, -0.05) is 0 Å². The summed E-state index contributed by atoms with van der Waals surface area (Å²) in [6.07, 6.45) is 0. The monoisotopic (exact) mass is 271 g/mol. The van der Waals surface area contributed by atoms with Crippen molar-refractivity contribution in [3.8, 4) is 12.0 Å². The van der Waals surface area contributed by atoms with Gasteiger partial charge in [-0.15, -0.1) is 5.10 Å². The molecule has 0 saturated carbocycles. The zero-order valence-corrected chi connectivity index (χ0v) is 12.0. The third-order valence-corrected chi connectivity index (χ3v) is 2.62. The van der Waals surface area contributed by atoms with Crippen LogP contribution in [0.15, 0.2) is 6.07 Å². The lowest BCUT2D eigenvalue weighted by Crippen LogP contribution is -2.12. The molecule has 0 saturated heterocycles. The number of rotatable bonds is 3. The molecule has 0 fully saturated rings. The number of aromatic nitrogens is 4. The van der Waals surface area contributed by atoms with E-state index in [1.54, 1.807) is 0 Å². The Morgan fingerprint density at radius 1 is 1.30 bits per heavy atom. The third-order valence-electron chi connectivity index (χ3n) is 2.62. The Kier molecular flexibility index (Phi) is 3.57. The number of nitriles is 1. The summed E-state index contributed by atoms with van der Waals surface area (Å²) in [5.41, 5.74) is 7.92. The van der Waals surface area contributed by atoms with Crippen LogP contribution in [0.5, 0.6) is 0 Å². The average molecular weight is 271 g/mol. The molecular weight excluding hydrogens is 254 g/mol. The van der Waals surface area contributed by atoms with E-state index in [4.69, 9.17) is 5.73 Å². The number of nitrogen functional groups attached to an aromatic ring is 1. The summed E-state index contributed by atoms with van der Waals surface area (Å²) in [6.45, 7) is 7.67. The molecule has 20 heavy (non-hydrogen) atoms. The number of anilines is 2. The molecule has 2 heterocycles. The fourth-order valence-electron chi connectivity index (χ4n) is 1.87. The van der Waals surface area contributed by atoms with Gasteiger partial charge in [-0.3, -0.25) is 0 Å². The predicted octanol–water partition coefficient (Wildman–Crippen LogP) is 1.55. The van der Waals surface area contributed by atoms with Crippen LogP contribution in [0.3, 0.4) is 0 Å². The molecular formula is C13H17N7. The number of nitrogens with zero attached hydrogens (tertiary/aromatic N) is 5. The van der Waals surface area contributed by atoms with Crippen LogP contribution in [0, 0.1) is 25.2 Å². The first-order valence-corrected chi connectivity index (χ1v) is 6.30. The first kappa shape index (κ1) is 13.8. The van der Waals surface area contributed by atoms with Crippen molar-refractivity contribution in [2.24, 2.45) is 0 Å². The van der Waals surface area contributed by atoms with Crippen LogP contribution >= 0.6 is 0 Å². The summed E-state index contributed by atoms with van der Waals surface area (Å²) in [4.78, 5) is 8.61. The van der Waals surface area contributed by atoms with Gasteiger partial charge in [0, 0.05) is 17.4 Å². The highest BCUT2D eigenvalue weighted by atomic mass is 15.4. The zero-order valence-electron chi connectivity index (χ0n) is 12.0. The molecule has 0 aliphatic carbocycles. The van der Waals surface area contributed by atoms with E-state index in [-0.39, 0.29) is 11.9 Å². The summed E-state index contributed by atoms with van der Waals surface area (Å²) in [5, 5.41) is 16.6. The standard InChI is InChI=1S/C13H17N7/c1-7(2)16-12-10(6-14)11(15)20(19-12)13-17-8(3)5-9(4)18-13/h5,7H,15H2,1-4H3,(H,16,19). The molecule has 0 radical (unpaired) electrons. The Bertz CT molecular complexity index is 659. The van der Waals surface area contributed by atoms with Crippen LogP contribution in [0.2, 0.25) is 0 Å². The molecule has 0 amide bonds. The molecule has 2 aromatic heterocycles. The minimum absolute atomic E-state index is 0.144. The minimum Gasteiger partial charge on any atom is -0.382 e. The summed E-state index contributed by atoms with van der Waals surface area (Å²) < 4.78 is 1.39. The molecule has 7 nitrogen and oxygen atoms in total. The van der Waals surface area contributed by atoms with Gasteiger partial charge >= 0.3 is 0 Å². The van der Waals surface area contributed by atoms with E-state index in [1.807, 2.05) is 33.8 Å². The van der Waals surface area contributed by atoms with Gasteiger partial charge in [-0.25, -0.2) is 9.97 Å². The van der Waals surface area contributed by atoms with Gasteiger partial charge < -0.3 is 11.1 Å². The van der Waals surface area contributed by atoms with Crippen LogP contribution in [0.25, 0.3) is 5.95 Å². The van der Waals surface area contributed by atoms with Crippen molar-refractivity contribution < 1.29 is 0 Å². The van der Waals surface area contributed by atoms with Crippen molar-refractivity contribution in [1.29, 1.82) is 5.26 Å². The van der Waals surface area contributed by atoms with Crippen LogP contribution < -0.4 is 11.1 Å². The molecule has 2 aromatic rings. The van der Waals surface area contributed by atoms with Gasteiger partial charge in [0.25, 0.3) is 5.95 Å². The minimum atomic E-state index is 0.144. The van der Waals surface area contributed by atoms with Crippen molar-refractivity contribution in [2.45, 2.75) is 33.7 Å². The van der Waals surface area contributed by atoms with Crippen molar-refractivity contribution in [3.05, 3.63) is 23.0 Å². The molecule has 0 aliphatic heterocycles.